The topological polar surface area (TPSA) is 77.4 Å². The van der Waals surface area contributed by atoms with E-state index in [4.69, 9.17) is 18.9 Å². The molecule has 0 bridgehead atoms. The Kier molecular flexibility index (Phi) is 4.71. The zero-order valence-corrected chi connectivity index (χ0v) is 15.1. The van der Waals surface area contributed by atoms with Crippen molar-refractivity contribution in [1.29, 1.82) is 0 Å². The SMILES string of the molecule is COC1=CC([C@H]2OC[C@H]3[C@@H]2CO[C@@H]3C2C=CC(O)=C(OC)C2)CC=C1O. The van der Waals surface area contributed by atoms with Crippen LogP contribution in [0.1, 0.15) is 12.8 Å². The molecule has 2 heterocycles. The molecule has 4 rings (SSSR count). The molecule has 0 amide bonds. The van der Waals surface area contributed by atoms with Crippen molar-refractivity contribution in [2.45, 2.75) is 25.0 Å². The van der Waals surface area contributed by atoms with E-state index in [1.54, 1.807) is 26.4 Å². The van der Waals surface area contributed by atoms with E-state index in [1.807, 2.05) is 12.2 Å². The summed E-state index contributed by atoms with van der Waals surface area (Å²) < 4.78 is 22.9. The summed E-state index contributed by atoms with van der Waals surface area (Å²) in [4.78, 5) is 0. The lowest BCUT2D eigenvalue weighted by Gasteiger charge is -2.27. The molecule has 2 saturated heterocycles. The number of methoxy groups -OCH3 is 2. The highest BCUT2D eigenvalue weighted by Gasteiger charge is 2.51. The van der Waals surface area contributed by atoms with Crippen molar-refractivity contribution in [3.8, 4) is 0 Å². The van der Waals surface area contributed by atoms with Gasteiger partial charge in [-0.25, -0.2) is 0 Å². The lowest BCUT2D eigenvalue weighted by molar-refractivity contribution is -0.00860. The van der Waals surface area contributed by atoms with Gasteiger partial charge in [-0.3, -0.25) is 0 Å². The van der Waals surface area contributed by atoms with Crippen LogP contribution in [0.5, 0.6) is 0 Å². The van der Waals surface area contributed by atoms with Crippen molar-refractivity contribution in [3.63, 3.8) is 0 Å². The van der Waals surface area contributed by atoms with Crippen molar-refractivity contribution in [2.75, 3.05) is 27.4 Å². The first kappa shape index (κ1) is 17.5. The normalized spacial score (nSPS) is 39.5. The quantitative estimate of drug-likeness (QED) is 0.801. The molecular weight excluding hydrogens is 336 g/mol. The Bertz CT molecular complexity index is 676. The maximum absolute atomic E-state index is 9.86. The standard InChI is InChI=1S/C20H26O6/c1-23-17-7-11(3-5-15(17)21)19-13-9-26-20(14(13)10-25-19)12-4-6-16(22)18(8-12)24-2/h3,5-6,8,11-14,19-22H,4,7,9-10H2,1-2H3/t11?,12?,13-,14-,19+,20+/m0/s1. The molecule has 0 saturated carbocycles. The van der Waals surface area contributed by atoms with Gasteiger partial charge in [0, 0.05) is 30.1 Å². The molecule has 2 N–H and O–H groups in total. The van der Waals surface area contributed by atoms with E-state index in [9.17, 15) is 10.2 Å². The second kappa shape index (κ2) is 7.00. The molecule has 0 aromatic heterocycles. The third kappa shape index (κ3) is 2.91. The first-order chi connectivity index (χ1) is 12.6. The molecule has 2 aliphatic carbocycles. The van der Waals surface area contributed by atoms with Crippen LogP contribution in [-0.2, 0) is 18.9 Å². The minimum atomic E-state index is 0.0675. The molecule has 6 heteroatoms. The van der Waals surface area contributed by atoms with Crippen LogP contribution in [0.3, 0.4) is 0 Å². The highest BCUT2D eigenvalue weighted by molar-refractivity contribution is 5.26. The molecule has 0 aromatic carbocycles. The lowest BCUT2D eigenvalue weighted by Crippen LogP contribution is -2.31. The molecular formula is C20H26O6. The predicted octanol–water partition coefficient (Wildman–Crippen LogP) is 3.00. The Labute approximate surface area is 153 Å². The second-order valence-corrected chi connectivity index (χ2v) is 7.39. The van der Waals surface area contributed by atoms with Gasteiger partial charge in [-0.05, 0) is 24.6 Å². The van der Waals surface area contributed by atoms with Crippen molar-refractivity contribution in [3.05, 3.63) is 47.3 Å². The fourth-order valence-electron chi connectivity index (χ4n) is 4.70. The van der Waals surface area contributed by atoms with E-state index in [0.717, 1.165) is 6.42 Å². The van der Waals surface area contributed by atoms with Crippen LogP contribution in [-0.4, -0.2) is 49.9 Å². The number of allylic oxidation sites excluding steroid dienone is 3. The van der Waals surface area contributed by atoms with Gasteiger partial charge in [0.05, 0.1) is 39.6 Å². The van der Waals surface area contributed by atoms with Gasteiger partial charge in [-0.15, -0.1) is 0 Å². The maximum atomic E-state index is 9.86. The minimum absolute atomic E-state index is 0.0675. The van der Waals surface area contributed by atoms with Crippen LogP contribution in [0.4, 0.5) is 0 Å². The van der Waals surface area contributed by atoms with Crippen molar-refractivity contribution in [1.82, 2.24) is 0 Å². The number of ether oxygens (including phenoxy) is 4. The summed E-state index contributed by atoms with van der Waals surface area (Å²) in [6, 6.07) is 0. The fourth-order valence-corrected chi connectivity index (χ4v) is 4.70. The number of rotatable bonds is 4. The number of aliphatic hydroxyl groups excluding tert-OH is 2. The Balaban J connectivity index is 1.46. The van der Waals surface area contributed by atoms with E-state index in [-0.39, 0.29) is 35.6 Å². The van der Waals surface area contributed by atoms with Gasteiger partial charge in [0.15, 0.2) is 17.3 Å². The van der Waals surface area contributed by atoms with Gasteiger partial charge in [0.25, 0.3) is 0 Å². The predicted molar refractivity (Wildman–Crippen MR) is 94.3 cm³/mol. The zero-order chi connectivity index (χ0) is 18.3. The summed E-state index contributed by atoms with van der Waals surface area (Å²) in [5.74, 6) is 2.54. The molecule has 2 fully saturated rings. The third-order valence-electron chi connectivity index (χ3n) is 6.08. The number of hydrogen-bond acceptors (Lipinski definition) is 6. The molecule has 2 aliphatic heterocycles. The molecule has 26 heavy (non-hydrogen) atoms. The zero-order valence-electron chi connectivity index (χ0n) is 15.1. The fraction of sp³-hybridized carbons (Fsp3) is 0.600. The molecule has 6 nitrogen and oxygen atoms in total. The van der Waals surface area contributed by atoms with E-state index in [0.29, 0.717) is 43.0 Å². The summed E-state index contributed by atoms with van der Waals surface area (Å²) in [5.41, 5.74) is 0. The van der Waals surface area contributed by atoms with E-state index in [1.165, 1.54) is 0 Å². The second-order valence-electron chi connectivity index (χ2n) is 7.39. The van der Waals surface area contributed by atoms with Gasteiger partial charge in [-0.1, -0.05) is 6.08 Å². The van der Waals surface area contributed by atoms with Crippen LogP contribution < -0.4 is 0 Å². The highest BCUT2D eigenvalue weighted by Crippen LogP contribution is 2.46. The molecule has 0 radical (unpaired) electrons. The minimum Gasteiger partial charge on any atom is -0.505 e. The first-order valence-electron chi connectivity index (χ1n) is 9.15. The Hall–Kier alpha value is -1.92. The first-order valence-corrected chi connectivity index (χ1v) is 9.15. The molecule has 0 aromatic rings. The van der Waals surface area contributed by atoms with Crippen LogP contribution in [0.2, 0.25) is 0 Å². The van der Waals surface area contributed by atoms with Crippen molar-refractivity contribution >= 4 is 0 Å². The summed E-state index contributed by atoms with van der Waals surface area (Å²) in [6.45, 7) is 1.34. The largest absolute Gasteiger partial charge is 0.505 e. The van der Waals surface area contributed by atoms with Crippen molar-refractivity contribution < 1.29 is 29.2 Å². The van der Waals surface area contributed by atoms with E-state index >= 15 is 0 Å². The van der Waals surface area contributed by atoms with Gasteiger partial charge in [-0.2, -0.15) is 0 Å². The van der Waals surface area contributed by atoms with Gasteiger partial charge in [0.1, 0.15) is 5.76 Å². The van der Waals surface area contributed by atoms with Crippen LogP contribution in [0.25, 0.3) is 0 Å². The lowest BCUT2D eigenvalue weighted by atomic mass is 9.78. The van der Waals surface area contributed by atoms with Gasteiger partial charge < -0.3 is 29.2 Å². The van der Waals surface area contributed by atoms with Crippen molar-refractivity contribution in [2.24, 2.45) is 23.7 Å². The van der Waals surface area contributed by atoms with E-state index < -0.39 is 0 Å². The average Bonchev–Trinajstić information content (AvgIpc) is 3.25. The van der Waals surface area contributed by atoms with Crippen LogP contribution >= 0.6 is 0 Å². The molecule has 0 spiro atoms. The number of aliphatic hydroxyl groups is 2. The molecule has 2 unspecified atom stereocenters. The van der Waals surface area contributed by atoms with E-state index in [2.05, 4.69) is 0 Å². The third-order valence-corrected chi connectivity index (χ3v) is 6.08. The van der Waals surface area contributed by atoms with Crippen LogP contribution in [0, 0.1) is 23.7 Å². The van der Waals surface area contributed by atoms with Crippen LogP contribution in [0.15, 0.2) is 47.3 Å². The summed E-state index contributed by atoms with van der Waals surface area (Å²) in [7, 11) is 3.15. The highest BCUT2D eigenvalue weighted by atomic mass is 16.5. The van der Waals surface area contributed by atoms with Gasteiger partial charge >= 0.3 is 0 Å². The van der Waals surface area contributed by atoms with Gasteiger partial charge in [0.2, 0.25) is 0 Å². The summed E-state index contributed by atoms with van der Waals surface area (Å²) in [5, 5.41) is 19.7. The Morgan fingerprint density at radius 3 is 2.35 bits per heavy atom. The smallest absolute Gasteiger partial charge is 0.156 e. The number of hydrogen-bond donors (Lipinski definition) is 2. The monoisotopic (exact) mass is 362 g/mol. The molecule has 142 valence electrons. The maximum Gasteiger partial charge on any atom is 0.156 e. The average molecular weight is 362 g/mol. The summed E-state index contributed by atoms with van der Waals surface area (Å²) >= 11 is 0. The molecule has 4 aliphatic rings. The number of fused-ring (bicyclic) bond motifs is 1. The summed E-state index contributed by atoms with van der Waals surface area (Å²) in [6.07, 6.45) is 9.02. The Morgan fingerprint density at radius 1 is 1.00 bits per heavy atom. The Morgan fingerprint density at radius 2 is 1.69 bits per heavy atom. The molecule has 6 atom stereocenters.